The molecule has 0 aliphatic carbocycles. The molecule has 2 aromatic rings. The molecular formula is C18H22N4O2. The number of carbonyl (C=O) groups is 2. The Bertz CT molecular complexity index is 716. The summed E-state index contributed by atoms with van der Waals surface area (Å²) in [7, 11) is 0. The van der Waals surface area contributed by atoms with Gasteiger partial charge in [-0.05, 0) is 30.7 Å². The minimum absolute atomic E-state index is 0.159. The van der Waals surface area contributed by atoms with Crippen LogP contribution in [0.15, 0.2) is 42.7 Å². The van der Waals surface area contributed by atoms with Crippen molar-refractivity contribution < 1.29 is 9.59 Å². The van der Waals surface area contributed by atoms with E-state index in [1.165, 1.54) is 13.1 Å². The molecule has 0 bridgehead atoms. The van der Waals surface area contributed by atoms with E-state index in [2.05, 4.69) is 27.9 Å². The summed E-state index contributed by atoms with van der Waals surface area (Å²) in [4.78, 5) is 27.6. The van der Waals surface area contributed by atoms with Crippen molar-refractivity contribution in [1.29, 1.82) is 0 Å². The highest BCUT2D eigenvalue weighted by Gasteiger charge is 2.08. The zero-order valence-electron chi connectivity index (χ0n) is 13.9. The monoisotopic (exact) mass is 326 g/mol. The fourth-order valence-corrected chi connectivity index (χ4v) is 2.15. The average Bonchev–Trinajstić information content (AvgIpc) is 2.55. The van der Waals surface area contributed by atoms with Crippen molar-refractivity contribution in [3.05, 3.63) is 48.3 Å². The zero-order valence-corrected chi connectivity index (χ0v) is 13.9. The largest absolute Gasteiger partial charge is 0.384 e. The number of pyridine rings is 1. The number of aromatic nitrogens is 1. The molecule has 24 heavy (non-hydrogen) atoms. The molecule has 1 aromatic heterocycles. The van der Waals surface area contributed by atoms with Crippen LogP contribution in [0, 0.1) is 0 Å². The fourth-order valence-electron chi connectivity index (χ4n) is 2.15. The predicted molar refractivity (Wildman–Crippen MR) is 96.3 cm³/mol. The van der Waals surface area contributed by atoms with Crippen molar-refractivity contribution in [2.75, 3.05) is 22.5 Å². The molecule has 0 saturated heterocycles. The topological polar surface area (TPSA) is 83.1 Å². The number of amides is 2. The van der Waals surface area contributed by atoms with Crippen molar-refractivity contribution >= 4 is 28.9 Å². The highest BCUT2D eigenvalue weighted by Crippen LogP contribution is 2.17. The first kappa shape index (κ1) is 17.5. The zero-order chi connectivity index (χ0) is 17.4. The lowest BCUT2D eigenvalue weighted by Gasteiger charge is -2.09. The van der Waals surface area contributed by atoms with Gasteiger partial charge in [0.05, 0.1) is 11.3 Å². The van der Waals surface area contributed by atoms with Crippen LogP contribution in [-0.2, 0) is 4.79 Å². The Labute approximate surface area is 141 Å². The number of hydrogen-bond donors (Lipinski definition) is 3. The highest BCUT2D eigenvalue weighted by molar-refractivity contribution is 6.05. The average molecular weight is 326 g/mol. The number of nitrogens with one attached hydrogen (secondary N) is 3. The minimum Gasteiger partial charge on any atom is -0.384 e. The Morgan fingerprint density at radius 1 is 1.04 bits per heavy atom. The summed E-state index contributed by atoms with van der Waals surface area (Å²) in [5, 5.41) is 8.74. The van der Waals surface area contributed by atoms with Crippen LogP contribution >= 0.6 is 0 Å². The van der Waals surface area contributed by atoms with Crippen LogP contribution in [-0.4, -0.2) is 23.3 Å². The van der Waals surface area contributed by atoms with E-state index in [1.54, 1.807) is 36.5 Å². The second kappa shape index (κ2) is 8.67. The molecule has 0 aliphatic rings. The normalized spacial score (nSPS) is 10.1. The molecule has 2 rings (SSSR count). The standard InChI is InChI=1S/C18H22N4O2/c1-3-4-8-20-17-9-14(11-19-12-17)18(24)22-16-7-5-6-15(10-16)21-13(2)23/h5-7,9-12,20H,3-4,8H2,1-2H3,(H,21,23)(H,22,24). The molecule has 0 atom stereocenters. The van der Waals surface area contributed by atoms with Gasteiger partial charge in [-0.15, -0.1) is 0 Å². The summed E-state index contributed by atoms with van der Waals surface area (Å²) in [6.45, 7) is 4.41. The number of carbonyl (C=O) groups excluding carboxylic acids is 2. The molecular weight excluding hydrogens is 304 g/mol. The Balaban J connectivity index is 2.04. The number of nitrogens with zero attached hydrogens (tertiary/aromatic N) is 1. The van der Waals surface area contributed by atoms with Crippen molar-refractivity contribution in [2.45, 2.75) is 26.7 Å². The van der Waals surface area contributed by atoms with Gasteiger partial charge in [0.15, 0.2) is 0 Å². The van der Waals surface area contributed by atoms with Crippen LogP contribution in [0.3, 0.4) is 0 Å². The number of anilines is 3. The third-order valence-corrected chi connectivity index (χ3v) is 3.30. The summed E-state index contributed by atoms with van der Waals surface area (Å²) >= 11 is 0. The van der Waals surface area contributed by atoms with Crippen LogP contribution in [0.1, 0.15) is 37.0 Å². The molecule has 3 N–H and O–H groups in total. The molecule has 2 amide bonds. The molecule has 6 heteroatoms. The van der Waals surface area contributed by atoms with Gasteiger partial charge in [-0.25, -0.2) is 0 Å². The van der Waals surface area contributed by atoms with Gasteiger partial charge in [0.1, 0.15) is 0 Å². The summed E-state index contributed by atoms with van der Waals surface area (Å²) < 4.78 is 0. The highest BCUT2D eigenvalue weighted by atomic mass is 16.2. The van der Waals surface area contributed by atoms with Gasteiger partial charge in [-0.2, -0.15) is 0 Å². The van der Waals surface area contributed by atoms with Gasteiger partial charge < -0.3 is 16.0 Å². The SMILES string of the molecule is CCCCNc1cncc(C(=O)Nc2cccc(NC(C)=O)c2)c1. The molecule has 0 fully saturated rings. The van der Waals surface area contributed by atoms with E-state index in [0.29, 0.717) is 16.9 Å². The number of hydrogen-bond acceptors (Lipinski definition) is 4. The summed E-state index contributed by atoms with van der Waals surface area (Å²) in [5.74, 6) is -0.407. The van der Waals surface area contributed by atoms with Crippen molar-refractivity contribution in [3.8, 4) is 0 Å². The molecule has 6 nitrogen and oxygen atoms in total. The smallest absolute Gasteiger partial charge is 0.257 e. The van der Waals surface area contributed by atoms with Gasteiger partial charge in [0.2, 0.25) is 5.91 Å². The predicted octanol–water partition coefficient (Wildman–Crippen LogP) is 3.50. The lowest BCUT2D eigenvalue weighted by atomic mass is 10.2. The van der Waals surface area contributed by atoms with Crippen molar-refractivity contribution in [2.24, 2.45) is 0 Å². The van der Waals surface area contributed by atoms with Gasteiger partial charge >= 0.3 is 0 Å². The van der Waals surface area contributed by atoms with E-state index < -0.39 is 0 Å². The summed E-state index contributed by atoms with van der Waals surface area (Å²) in [6.07, 6.45) is 5.39. The minimum atomic E-state index is -0.249. The maximum Gasteiger partial charge on any atom is 0.257 e. The van der Waals surface area contributed by atoms with E-state index in [9.17, 15) is 9.59 Å². The lowest BCUT2D eigenvalue weighted by Crippen LogP contribution is -2.13. The Hall–Kier alpha value is -2.89. The first-order chi connectivity index (χ1) is 11.6. The molecule has 0 aliphatic heterocycles. The van der Waals surface area contributed by atoms with Crippen molar-refractivity contribution in [1.82, 2.24) is 4.98 Å². The molecule has 1 heterocycles. The van der Waals surface area contributed by atoms with Crippen LogP contribution in [0.5, 0.6) is 0 Å². The van der Waals surface area contributed by atoms with Crippen LogP contribution in [0.25, 0.3) is 0 Å². The molecule has 0 radical (unpaired) electrons. The number of unbranched alkanes of at least 4 members (excludes halogenated alkanes) is 1. The van der Waals surface area contributed by atoms with Gasteiger partial charge in [0, 0.05) is 37.2 Å². The Kier molecular flexibility index (Phi) is 6.31. The molecule has 1 aromatic carbocycles. The fraction of sp³-hybridized carbons (Fsp3) is 0.278. The first-order valence-corrected chi connectivity index (χ1v) is 7.96. The van der Waals surface area contributed by atoms with E-state index >= 15 is 0 Å². The second-order valence-electron chi connectivity index (χ2n) is 5.46. The summed E-state index contributed by atoms with van der Waals surface area (Å²) in [5.41, 5.74) is 2.54. The van der Waals surface area contributed by atoms with Gasteiger partial charge in [-0.3, -0.25) is 14.6 Å². The van der Waals surface area contributed by atoms with E-state index in [-0.39, 0.29) is 11.8 Å². The maximum atomic E-state index is 12.4. The van der Waals surface area contributed by atoms with Crippen LogP contribution in [0.4, 0.5) is 17.1 Å². The molecule has 126 valence electrons. The maximum absolute atomic E-state index is 12.4. The lowest BCUT2D eigenvalue weighted by molar-refractivity contribution is -0.114. The van der Waals surface area contributed by atoms with E-state index in [4.69, 9.17) is 0 Å². The third kappa shape index (κ3) is 5.39. The Morgan fingerprint density at radius 3 is 2.50 bits per heavy atom. The Morgan fingerprint density at radius 2 is 1.79 bits per heavy atom. The number of rotatable bonds is 7. The van der Waals surface area contributed by atoms with Crippen LogP contribution in [0.2, 0.25) is 0 Å². The van der Waals surface area contributed by atoms with Crippen LogP contribution < -0.4 is 16.0 Å². The first-order valence-electron chi connectivity index (χ1n) is 7.96. The number of benzene rings is 1. The molecule has 0 saturated carbocycles. The molecule has 0 unspecified atom stereocenters. The quantitative estimate of drug-likeness (QED) is 0.680. The summed E-state index contributed by atoms with van der Waals surface area (Å²) in [6, 6.07) is 8.77. The molecule has 0 spiro atoms. The van der Waals surface area contributed by atoms with E-state index in [0.717, 1.165) is 25.1 Å². The third-order valence-electron chi connectivity index (χ3n) is 3.30. The van der Waals surface area contributed by atoms with Gasteiger partial charge in [0.25, 0.3) is 5.91 Å². The van der Waals surface area contributed by atoms with E-state index in [1.807, 2.05) is 0 Å². The van der Waals surface area contributed by atoms with Gasteiger partial charge in [-0.1, -0.05) is 19.4 Å². The van der Waals surface area contributed by atoms with Crippen molar-refractivity contribution in [3.63, 3.8) is 0 Å². The second-order valence-corrected chi connectivity index (χ2v) is 5.46.